The molecule has 0 saturated carbocycles. The highest BCUT2D eigenvalue weighted by atomic mass is 15.1. The third kappa shape index (κ3) is 2.15. The van der Waals surface area contributed by atoms with Gasteiger partial charge in [-0.05, 0) is 37.3 Å². The number of pyridine rings is 1. The molecule has 0 aliphatic heterocycles. The van der Waals surface area contributed by atoms with E-state index < -0.39 is 0 Å². The number of rotatable bonds is 3. The van der Waals surface area contributed by atoms with E-state index in [1.165, 1.54) is 36.1 Å². The number of H-pyrrole nitrogens is 1. The summed E-state index contributed by atoms with van der Waals surface area (Å²) < 4.78 is 2.05. The molecule has 108 valence electrons. The zero-order chi connectivity index (χ0) is 14.2. The van der Waals surface area contributed by atoms with Crippen molar-refractivity contribution >= 4 is 5.65 Å². The molecular formula is C17H20N4. The van der Waals surface area contributed by atoms with Crippen molar-refractivity contribution in [2.24, 2.45) is 5.92 Å². The maximum absolute atomic E-state index is 4.60. The summed E-state index contributed by atoms with van der Waals surface area (Å²) >= 11 is 0. The Morgan fingerprint density at radius 3 is 3.24 bits per heavy atom. The normalized spacial score (nSPS) is 18.0. The van der Waals surface area contributed by atoms with Crippen LogP contribution >= 0.6 is 0 Å². The molecule has 4 nitrogen and oxygen atoms in total. The quantitative estimate of drug-likeness (QED) is 0.796. The molecule has 0 radical (unpaired) electrons. The summed E-state index contributed by atoms with van der Waals surface area (Å²) in [6.45, 7) is 2.27. The van der Waals surface area contributed by atoms with Crippen LogP contribution in [0.5, 0.6) is 0 Å². The zero-order valence-electron chi connectivity index (χ0n) is 12.3. The largest absolute Gasteiger partial charge is 0.306 e. The Hall–Kier alpha value is -2.10. The van der Waals surface area contributed by atoms with Crippen LogP contribution in [0, 0.1) is 5.92 Å². The summed E-state index contributed by atoms with van der Waals surface area (Å²) in [6.07, 6.45) is 12.1. The van der Waals surface area contributed by atoms with E-state index in [-0.39, 0.29) is 0 Å². The van der Waals surface area contributed by atoms with E-state index in [0.29, 0.717) is 0 Å². The predicted molar refractivity (Wildman–Crippen MR) is 83.2 cm³/mol. The van der Waals surface area contributed by atoms with Gasteiger partial charge in [0.25, 0.3) is 0 Å². The second-order valence-electron chi connectivity index (χ2n) is 6.04. The fourth-order valence-corrected chi connectivity index (χ4v) is 3.53. The maximum atomic E-state index is 4.60. The van der Waals surface area contributed by atoms with Crippen LogP contribution in [0.2, 0.25) is 0 Å². The minimum Gasteiger partial charge on any atom is -0.306 e. The van der Waals surface area contributed by atoms with Gasteiger partial charge < -0.3 is 4.40 Å². The van der Waals surface area contributed by atoms with E-state index in [9.17, 15) is 0 Å². The number of aromatic amines is 1. The van der Waals surface area contributed by atoms with Gasteiger partial charge in [-0.25, -0.2) is 4.98 Å². The molecule has 1 aliphatic carbocycles. The van der Waals surface area contributed by atoms with Gasteiger partial charge in [0.1, 0.15) is 5.65 Å². The number of nitrogens with zero attached hydrogens (tertiary/aromatic N) is 3. The van der Waals surface area contributed by atoms with E-state index in [4.69, 9.17) is 0 Å². The minimum atomic E-state index is 0.826. The molecule has 0 aromatic carbocycles. The SMILES string of the molecule is CCCC1CCc2c(-c3ccc4nccn4c3)n[nH]c2C1. The summed E-state index contributed by atoms with van der Waals surface area (Å²) in [4.78, 5) is 4.29. The van der Waals surface area contributed by atoms with Crippen molar-refractivity contribution in [2.45, 2.75) is 39.0 Å². The van der Waals surface area contributed by atoms with Crippen molar-refractivity contribution in [1.82, 2.24) is 19.6 Å². The second-order valence-corrected chi connectivity index (χ2v) is 6.04. The van der Waals surface area contributed by atoms with Crippen LogP contribution in [0.25, 0.3) is 16.9 Å². The van der Waals surface area contributed by atoms with E-state index in [1.54, 1.807) is 0 Å². The highest BCUT2D eigenvalue weighted by molar-refractivity contribution is 5.65. The van der Waals surface area contributed by atoms with Crippen molar-refractivity contribution < 1.29 is 0 Å². The third-order valence-electron chi connectivity index (χ3n) is 4.61. The average molecular weight is 280 g/mol. The summed E-state index contributed by atoms with van der Waals surface area (Å²) in [5.74, 6) is 0.826. The fraction of sp³-hybridized carbons (Fsp3) is 0.412. The smallest absolute Gasteiger partial charge is 0.136 e. The molecule has 4 heteroatoms. The van der Waals surface area contributed by atoms with Crippen LogP contribution in [-0.4, -0.2) is 19.6 Å². The van der Waals surface area contributed by atoms with Crippen LogP contribution in [0.3, 0.4) is 0 Å². The molecule has 4 rings (SSSR count). The number of imidazole rings is 1. The summed E-state index contributed by atoms with van der Waals surface area (Å²) in [5, 5.41) is 7.88. The molecular weight excluding hydrogens is 260 g/mol. The Balaban J connectivity index is 1.70. The fourth-order valence-electron chi connectivity index (χ4n) is 3.53. The summed E-state index contributed by atoms with van der Waals surface area (Å²) in [5.41, 5.74) is 6.04. The van der Waals surface area contributed by atoms with Crippen LogP contribution in [0.15, 0.2) is 30.7 Å². The van der Waals surface area contributed by atoms with Gasteiger partial charge in [0, 0.05) is 35.4 Å². The molecule has 1 aliphatic rings. The highest BCUT2D eigenvalue weighted by Crippen LogP contribution is 2.33. The number of nitrogens with one attached hydrogen (secondary N) is 1. The number of aromatic nitrogens is 4. The number of fused-ring (bicyclic) bond motifs is 2. The van der Waals surface area contributed by atoms with E-state index in [0.717, 1.165) is 30.1 Å². The Bertz CT molecular complexity index is 768. The van der Waals surface area contributed by atoms with Crippen molar-refractivity contribution in [3.8, 4) is 11.3 Å². The van der Waals surface area contributed by atoms with Gasteiger partial charge in [-0.2, -0.15) is 5.10 Å². The molecule has 0 saturated heterocycles. The van der Waals surface area contributed by atoms with Crippen molar-refractivity contribution in [3.63, 3.8) is 0 Å². The molecule has 3 heterocycles. The lowest BCUT2D eigenvalue weighted by Crippen LogP contribution is -2.13. The van der Waals surface area contributed by atoms with Crippen LogP contribution < -0.4 is 0 Å². The first kappa shape index (κ1) is 12.6. The molecule has 0 bridgehead atoms. The van der Waals surface area contributed by atoms with Gasteiger partial charge in [-0.1, -0.05) is 19.8 Å². The van der Waals surface area contributed by atoms with Gasteiger partial charge in [0.2, 0.25) is 0 Å². The first-order valence-corrected chi connectivity index (χ1v) is 7.84. The Kier molecular flexibility index (Phi) is 3.02. The molecule has 0 spiro atoms. The predicted octanol–water partition coefficient (Wildman–Crippen LogP) is 3.63. The first-order chi connectivity index (χ1) is 10.3. The molecule has 3 aromatic heterocycles. The van der Waals surface area contributed by atoms with Crippen LogP contribution in [-0.2, 0) is 12.8 Å². The minimum absolute atomic E-state index is 0.826. The number of hydrogen-bond donors (Lipinski definition) is 1. The standard InChI is InChI=1S/C17H20N4/c1-2-3-12-4-6-14-15(10-12)19-20-17(14)13-5-7-16-18-8-9-21(16)11-13/h5,7-9,11-12H,2-4,6,10H2,1H3,(H,19,20). The van der Waals surface area contributed by atoms with Gasteiger partial charge in [-0.3, -0.25) is 5.10 Å². The lowest BCUT2D eigenvalue weighted by atomic mass is 9.84. The lowest BCUT2D eigenvalue weighted by Gasteiger charge is -2.21. The second kappa shape index (κ2) is 5.02. The van der Waals surface area contributed by atoms with Crippen molar-refractivity contribution in [3.05, 3.63) is 42.0 Å². The van der Waals surface area contributed by atoms with E-state index in [1.807, 2.05) is 12.4 Å². The van der Waals surface area contributed by atoms with E-state index in [2.05, 4.69) is 44.8 Å². The van der Waals surface area contributed by atoms with E-state index >= 15 is 0 Å². The summed E-state index contributed by atoms with van der Waals surface area (Å²) in [7, 11) is 0. The first-order valence-electron chi connectivity index (χ1n) is 7.84. The zero-order valence-corrected chi connectivity index (χ0v) is 12.3. The van der Waals surface area contributed by atoms with Gasteiger partial charge in [0.15, 0.2) is 0 Å². The molecule has 0 amide bonds. The lowest BCUT2D eigenvalue weighted by molar-refractivity contribution is 0.419. The molecule has 3 aromatic rings. The molecule has 0 fully saturated rings. The van der Waals surface area contributed by atoms with Crippen LogP contribution in [0.1, 0.15) is 37.4 Å². The Morgan fingerprint density at radius 1 is 1.38 bits per heavy atom. The monoisotopic (exact) mass is 280 g/mol. The highest BCUT2D eigenvalue weighted by Gasteiger charge is 2.23. The summed E-state index contributed by atoms with van der Waals surface area (Å²) in [6, 6.07) is 4.18. The average Bonchev–Trinajstić information content (AvgIpc) is 3.12. The molecule has 1 N–H and O–H groups in total. The van der Waals surface area contributed by atoms with Gasteiger partial charge in [0.05, 0.1) is 5.69 Å². The van der Waals surface area contributed by atoms with Crippen LogP contribution in [0.4, 0.5) is 0 Å². The van der Waals surface area contributed by atoms with Crippen molar-refractivity contribution in [2.75, 3.05) is 0 Å². The van der Waals surface area contributed by atoms with Gasteiger partial charge >= 0.3 is 0 Å². The Labute approximate surface area is 124 Å². The van der Waals surface area contributed by atoms with Crippen molar-refractivity contribution in [1.29, 1.82) is 0 Å². The topological polar surface area (TPSA) is 46.0 Å². The maximum Gasteiger partial charge on any atom is 0.136 e. The number of hydrogen-bond acceptors (Lipinski definition) is 2. The molecule has 21 heavy (non-hydrogen) atoms. The molecule has 1 atom stereocenters. The molecule has 1 unspecified atom stereocenters. The van der Waals surface area contributed by atoms with Gasteiger partial charge in [-0.15, -0.1) is 0 Å². The third-order valence-corrected chi connectivity index (χ3v) is 4.61. The Morgan fingerprint density at radius 2 is 2.33 bits per heavy atom.